The van der Waals surface area contributed by atoms with Crippen LogP contribution in [0.5, 0.6) is 0 Å². The quantitative estimate of drug-likeness (QED) is 0.419. The highest BCUT2D eigenvalue weighted by Crippen LogP contribution is 2.49. The first-order chi connectivity index (χ1) is 13.7. The van der Waals surface area contributed by atoms with E-state index in [1.54, 1.807) is 12.1 Å². The van der Waals surface area contributed by atoms with Crippen molar-refractivity contribution < 1.29 is 17.6 Å². The van der Waals surface area contributed by atoms with Gasteiger partial charge in [0.15, 0.2) is 9.84 Å². The average Bonchev–Trinajstić information content (AvgIpc) is 2.70. The van der Waals surface area contributed by atoms with E-state index in [1.807, 2.05) is 6.92 Å². The Morgan fingerprint density at radius 2 is 1.83 bits per heavy atom. The zero-order valence-electron chi connectivity index (χ0n) is 16.1. The third-order valence-corrected chi connectivity index (χ3v) is 8.60. The summed E-state index contributed by atoms with van der Waals surface area (Å²) in [6.45, 7) is 1.81. The van der Waals surface area contributed by atoms with Gasteiger partial charge in [-0.05, 0) is 68.9 Å². The van der Waals surface area contributed by atoms with Crippen LogP contribution in [-0.4, -0.2) is 14.3 Å². The van der Waals surface area contributed by atoms with Crippen molar-refractivity contribution in [2.24, 2.45) is 11.8 Å². The molecule has 0 bridgehead atoms. The largest absolute Gasteiger partial charge is 0.294 e. The molecule has 2 aromatic rings. The summed E-state index contributed by atoms with van der Waals surface area (Å²) in [5.41, 5.74) is 3.09. The zero-order chi connectivity index (χ0) is 21.2. The van der Waals surface area contributed by atoms with Crippen molar-refractivity contribution in [2.45, 2.75) is 48.7 Å². The van der Waals surface area contributed by atoms with E-state index < -0.39 is 20.4 Å². The fourth-order valence-corrected chi connectivity index (χ4v) is 6.47. The van der Waals surface area contributed by atoms with Gasteiger partial charge in [0.1, 0.15) is 10.6 Å². The standard InChI is InChI=1S/C21H24ClFN2O3S/c1-14-2-7-19(23)18(12-14)21(10-8-15(9-11-21)13-20(26)25-24)29(27,28)17-5-3-16(22)4-6-17/h2-7,12,15H,8-11,13,24H2,1H3,(H,25,26). The molecule has 0 saturated heterocycles. The van der Waals surface area contributed by atoms with E-state index in [-0.39, 0.29) is 41.5 Å². The first-order valence-corrected chi connectivity index (χ1v) is 11.3. The molecule has 0 unspecified atom stereocenters. The number of rotatable bonds is 5. The molecule has 1 fully saturated rings. The van der Waals surface area contributed by atoms with Crippen LogP contribution in [0.25, 0.3) is 0 Å². The summed E-state index contributed by atoms with van der Waals surface area (Å²) in [4.78, 5) is 11.7. The van der Waals surface area contributed by atoms with Crippen LogP contribution in [0.3, 0.4) is 0 Å². The molecule has 0 heterocycles. The van der Waals surface area contributed by atoms with Gasteiger partial charge in [0, 0.05) is 17.0 Å². The number of carbonyl (C=O) groups is 1. The SMILES string of the molecule is Cc1ccc(F)c(C2(S(=O)(=O)c3ccc(Cl)cc3)CCC(CC(=O)NN)CC2)c1. The number of halogens is 2. The van der Waals surface area contributed by atoms with E-state index in [0.717, 1.165) is 5.56 Å². The fourth-order valence-electron chi connectivity index (χ4n) is 4.18. The number of carbonyl (C=O) groups excluding carboxylic acids is 1. The van der Waals surface area contributed by atoms with E-state index in [9.17, 15) is 17.6 Å². The lowest BCUT2D eigenvalue weighted by molar-refractivity contribution is -0.122. The first kappa shape index (κ1) is 21.7. The van der Waals surface area contributed by atoms with Gasteiger partial charge in [-0.15, -0.1) is 0 Å². The Bertz CT molecular complexity index is 1000. The number of nitrogens with one attached hydrogen (secondary N) is 1. The number of hydrazine groups is 1. The van der Waals surface area contributed by atoms with E-state index >= 15 is 0 Å². The Hall–Kier alpha value is -1.96. The minimum atomic E-state index is -3.91. The third-order valence-electron chi connectivity index (χ3n) is 5.80. The molecule has 0 aromatic heterocycles. The van der Waals surface area contributed by atoms with Crippen LogP contribution < -0.4 is 11.3 Å². The number of benzene rings is 2. The van der Waals surface area contributed by atoms with Crippen LogP contribution in [-0.2, 0) is 19.4 Å². The van der Waals surface area contributed by atoms with E-state index in [2.05, 4.69) is 5.43 Å². The Labute approximate surface area is 175 Å². The summed E-state index contributed by atoms with van der Waals surface area (Å²) in [6, 6.07) is 10.5. The minimum Gasteiger partial charge on any atom is -0.294 e. The molecule has 29 heavy (non-hydrogen) atoms. The van der Waals surface area contributed by atoms with E-state index in [1.165, 1.54) is 30.3 Å². The molecule has 0 radical (unpaired) electrons. The molecule has 156 valence electrons. The van der Waals surface area contributed by atoms with Gasteiger partial charge in [-0.1, -0.05) is 29.3 Å². The van der Waals surface area contributed by atoms with Crippen molar-refractivity contribution in [3.05, 3.63) is 64.4 Å². The van der Waals surface area contributed by atoms with Crippen LogP contribution in [0.1, 0.15) is 43.2 Å². The van der Waals surface area contributed by atoms with Gasteiger partial charge in [0.05, 0.1) is 4.90 Å². The molecule has 8 heteroatoms. The van der Waals surface area contributed by atoms with Gasteiger partial charge >= 0.3 is 0 Å². The molecule has 1 aliphatic rings. The third kappa shape index (κ3) is 4.17. The molecular weight excluding hydrogens is 415 g/mol. The summed E-state index contributed by atoms with van der Waals surface area (Å²) >= 11 is 5.92. The highest BCUT2D eigenvalue weighted by molar-refractivity contribution is 7.92. The van der Waals surface area contributed by atoms with Gasteiger partial charge in [-0.25, -0.2) is 18.7 Å². The van der Waals surface area contributed by atoms with Crippen LogP contribution in [0.15, 0.2) is 47.4 Å². The predicted molar refractivity (Wildman–Crippen MR) is 110 cm³/mol. The molecule has 3 rings (SSSR count). The van der Waals surface area contributed by atoms with Gasteiger partial charge in [0.2, 0.25) is 5.91 Å². The number of hydrogen-bond acceptors (Lipinski definition) is 4. The van der Waals surface area contributed by atoms with Gasteiger partial charge in [-0.3, -0.25) is 10.2 Å². The van der Waals surface area contributed by atoms with Crippen molar-refractivity contribution in [1.82, 2.24) is 5.43 Å². The molecule has 3 N–H and O–H groups in total. The van der Waals surface area contributed by atoms with Crippen LogP contribution in [0.2, 0.25) is 5.02 Å². The molecule has 0 aliphatic heterocycles. The molecule has 2 aromatic carbocycles. The monoisotopic (exact) mass is 438 g/mol. The molecule has 1 amide bonds. The summed E-state index contributed by atoms with van der Waals surface area (Å²) in [7, 11) is -3.91. The second kappa shape index (κ2) is 8.42. The summed E-state index contributed by atoms with van der Waals surface area (Å²) < 4.78 is 41.0. The maximum atomic E-state index is 14.9. The molecule has 1 aliphatic carbocycles. The van der Waals surface area contributed by atoms with E-state index in [4.69, 9.17) is 17.4 Å². The minimum absolute atomic E-state index is 0.0000341. The Kier molecular flexibility index (Phi) is 6.31. The van der Waals surface area contributed by atoms with E-state index in [0.29, 0.717) is 17.9 Å². The van der Waals surface area contributed by atoms with Crippen molar-refractivity contribution in [1.29, 1.82) is 0 Å². The second-order valence-corrected chi connectivity index (χ2v) is 10.3. The van der Waals surface area contributed by atoms with Crippen LogP contribution in [0, 0.1) is 18.7 Å². The summed E-state index contributed by atoms with van der Waals surface area (Å²) in [5, 5.41) is 0.427. The number of aryl methyl sites for hydroxylation is 1. The van der Waals surface area contributed by atoms with Crippen molar-refractivity contribution in [3.8, 4) is 0 Å². The smallest absolute Gasteiger partial charge is 0.234 e. The van der Waals surface area contributed by atoms with Gasteiger partial charge in [-0.2, -0.15) is 0 Å². The normalized spacial score (nSPS) is 22.3. The lowest BCUT2D eigenvalue weighted by atomic mass is 9.76. The number of amides is 1. The van der Waals surface area contributed by atoms with Gasteiger partial charge in [0.25, 0.3) is 0 Å². The molecule has 1 saturated carbocycles. The van der Waals surface area contributed by atoms with Crippen molar-refractivity contribution in [2.75, 3.05) is 0 Å². The summed E-state index contributed by atoms with van der Waals surface area (Å²) in [6.07, 6.45) is 1.63. The molecule has 0 spiro atoms. The molecule has 5 nitrogen and oxygen atoms in total. The van der Waals surface area contributed by atoms with Crippen LogP contribution in [0.4, 0.5) is 4.39 Å². The first-order valence-electron chi connectivity index (χ1n) is 9.46. The van der Waals surface area contributed by atoms with Crippen molar-refractivity contribution in [3.63, 3.8) is 0 Å². The Morgan fingerprint density at radius 3 is 2.41 bits per heavy atom. The highest BCUT2D eigenvalue weighted by Gasteiger charge is 2.50. The van der Waals surface area contributed by atoms with Crippen LogP contribution >= 0.6 is 11.6 Å². The maximum Gasteiger partial charge on any atom is 0.234 e. The Balaban J connectivity index is 2.07. The summed E-state index contributed by atoms with van der Waals surface area (Å²) in [5.74, 6) is 4.35. The number of sulfone groups is 1. The maximum absolute atomic E-state index is 14.9. The lowest BCUT2D eigenvalue weighted by Gasteiger charge is -2.40. The fraction of sp³-hybridized carbons (Fsp3) is 0.381. The predicted octanol–water partition coefficient (Wildman–Crippen LogP) is 4.03. The zero-order valence-corrected chi connectivity index (χ0v) is 17.7. The highest BCUT2D eigenvalue weighted by atomic mass is 35.5. The van der Waals surface area contributed by atoms with Crippen molar-refractivity contribution >= 4 is 27.3 Å². The second-order valence-electron chi connectivity index (χ2n) is 7.65. The number of nitrogens with two attached hydrogens (primary N) is 1. The number of hydrogen-bond donors (Lipinski definition) is 2. The topological polar surface area (TPSA) is 89.3 Å². The lowest BCUT2D eigenvalue weighted by Crippen LogP contribution is -2.41. The Morgan fingerprint density at radius 1 is 1.21 bits per heavy atom. The molecular formula is C21H24ClFN2O3S. The average molecular weight is 439 g/mol. The van der Waals surface area contributed by atoms with Gasteiger partial charge < -0.3 is 0 Å². The molecule has 0 atom stereocenters.